The Morgan fingerprint density at radius 3 is 2.23 bits per heavy atom. The zero-order valence-electron chi connectivity index (χ0n) is 15.0. The van der Waals surface area contributed by atoms with E-state index in [1.807, 2.05) is 63.4 Å². The number of nitrogens with one attached hydrogen (secondary N) is 1. The fourth-order valence-electron chi connectivity index (χ4n) is 1.93. The van der Waals surface area contributed by atoms with E-state index in [2.05, 4.69) is 24.2 Å². The van der Waals surface area contributed by atoms with Gasteiger partial charge in [-0.3, -0.25) is 0 Å². The van der Waals surface area contributed by atoms with Crippen LogP contribution in [0.1, 0.15) is 33.6 Å². The van der Waals surface area contributed by atoms with E-state index in [0.29, 0.717) is 6.10 Å². The van der Waals surface area contributed by atoms with Crippen molar-refractivity contribution in [3.05, 3.63) is 42.5 Å². The lowest BCUT2D eigenvalue weighted by atomic mass is 10.3. The predicted octanol–water partition coefficient (Wildman–Crippen LogP) is 3.97. The first-order valence-electron chi connectivity index (χ1n) is 8.30. The molecule has 1 saturated heterocycles. The summed E-state index contributed by atoms with van der Waals surface area (Å²) in [6.07, 6.45) is 6.76. The van der Waals surface area contributed by atoms with Gasteiger partial charge in [-0.2, -0.15) is 0 Å². The summed E-state index contributed by atoms with van der Waals surface area (Å²) in [6.45, 7) is 9.49. The van der Waals surface area contributed by atoms with Crippen LogP contribution in [0.5, 0.6) is 5.75 Å². The molecule has 0 spiro atoms. The van der Waals surface area contributed by atoms with Crippen LogP contribution in [0.15, 0.2) is 42.5 Å². The number of hydrogen-bond acceptors (Lipinski definition) is 3. The number of benzene rings is 1. The summed E-state index contributed by atoms with van der Waals surface area (Å²) in [5, 5.41) is 3.02. The zero-order chi connectivity index (χ0) is 16.6. The molecule has 1 heterocycles. The number of ether oxygens (including phenoxy) is 1. The number of rotatable bonds is 4. The topological polar surface area (TPSA) is 24.5 Å². The molecule has 0 amide bonds. The largest absolute Gasteiger partial charge is 0.489 e. The molecule has 22 heavy (non-hydrogen) atoms. The van der Waals surface area contributed by atoms with Crippen molar-refractivity contribution in [3.63, 3.8) is 0 Å². The average molecular weight is 306 g/mol. The minimum absolute atomic E-state index is 0.382. The van der Waals surface area contributed by atoms with E-state index in [4.69, 9.17) is 4.74 Å². The van der Waals surface area contributed by atoms with Gasteiger partial charge in [0.05, 0.1) is 0 Å². The van der Waals surface area contributed by atoms with Crippen LogP contribution in [0.25, 0.3) is 0 Å². The first kappa shape index (κ1) is 20.7. The average Bonchev–Trinajstić information content (AvgIpc) is 2.95. The zero-order valence-corrected chi connectivity index (χ0v) is 15.0. The Morgan fingerprint density at radius 1 is 1.23 bits per heavy atom. The van der Waals surface area contributed by atoms with Crippen LogP contribution in [0.2, 0.25) is 0 Å². The Balaban J connectivity index is 0.000000411. The number of para-hydroxylation sites is 1. The van der Waals surface area contributed by atoms with Gasteiger partial charge in [0.2, 0.25) is 0 Å². The Labute approximate surface area is 137 Å². The van der Waals surface area contributed by atoms with Crippen molar-refractivity contribution >= 4 is 0 Å². The molecule has 0 aliphatic carbocycles. The molecule has 1 fully saturated rings. The first-order valence-corrected chi connectivity index (χ1v) is 8.30. The van der Waals surface area contributed by atoms with Crippen molar-refractivity contribution in [3.8, 4) is 5.75 Å². The maximum Gasteiger partial charge on any atom is 0.119 e. The van der Waals surface area contributed by atoms with E-state index in [-0.39, 0.29) is 0 Å². The van der Waals surface area contributed by atoms with Gasteiger partial charge in [-0.1, -0.05) is 37.3 Å². The lowest BCUT2D eigenvalue weighted by Crippen LogP contribution is -2.21. The molecule has 0 bridgehead atoms. The SMILES string of the molecule is C/C=C\C.CCCNC.CN1CCC(Oc2ccccc2)C1. The molecule has 0 radical (unpaired) electrons. The summed E-state index contributed by atoms with van der Waals surface area (Å²) in [5.41, 5.74) is 0. The van der Waals surface area contributed by atoms with E-state index in [0.717, 1.165) is 31.8 Å². The second-order valence-corrected chi connectivity index (χ2v) is 5.37. The molecule has 1 aromatic rings. The fraction of sp³-hybridized carbons (Fsp3) is 0.579. The van der Waals surface area contributed by atoms with Gasteiger partial charge in [0.25, 0.3) is 0 Å². The van der Waals surface area contributed by atoms with Crippen molar-refractivity contribution in [1.29, 1.82) is 0 Å². The van der Waals surface area contributed by atoms with Gasteiger partial charge < -0.3 is 15.0 Å². The molecule has 3 nitrogen and oxygen atoms in total. The maximum atomic E-state index is 5.80. The third-order valence-electron chi connectivity index (χ3n) is 3.23. The van der Waals surface area contributed by atoms with Crippen LogP contribution in [0.4, 0.5) is 0 Å². The quantitative estimate of drug-likeness (QED) is 0.852. The lowest BCUT2D eigenvalue weighted by Gasteiger charge is -2.13. The Morgan fingerprint density at radius 2 is 1.86 bits per heavy atom. The van der Waals surface area contributed by atoms with Crippen molar-refractivity contribution in [2.24, 2.45) is 0 Å². The van der Waals surface area contributed by atoms with Gasteiger partial charge in [0.1, 0.15) is 11.9 Å². The molecule has 1 aromatic carbocycles. The summed E-state index contributed by atoms with van der Waals surface area (Å²) in [5.74, 6) is 0.989. The van der Waals surface area contributed by atoms with Gasteiger partial charge in [-0.05, 0) is 59.5 Å². The number of nitrogens with zero attached hydrogens (tertiary/aromatic N) is 1. The number of likely N-dealkylation sites (N-methyl/N-ethyl adjacent to an activating group) is 1. The smallest absolute Gasteiger partial charge is 0.119 e. The minimum Gasteiger partial charge on any atom is -0.489 e. The summed E-state index contributed by atoms with van der Waals surface area (Å²) < 4.78 is 5.80. The molecule has 126 valence electrons. The Kier molecular flexibility index (Phi) is 13.7. The second kappa shape index (κ2) is 14.6. The van der Waals surface area contributed by atoms with E-state index in [1.54, 1.807) is 0 Å². The summed E-state index contributed by atoms with van der Waals surface area (Å²) in [7, 11) is 4.10. The normalized spacial score (nSPS) is 17.4. The van der Waals surface area contributed by atoms with Crippen LogP contribution in [0, 0.1) is 0 Å². The molecule has 3 heteroatoms. The highest BCUT2D eigenvalue weighted by atomic mass is 16.5. The molecular formula is C19H34N2O. The van der Waals surface area contributed by atoms with Gasteiger partial charge in [0, 0.05) is 13.1 Å². The number of likely N-dealkylation sites (tertiary alicyclic amines) is 1. The standard InChI is InChI=1S/C11H15NO.C4H11N.C4H8/c1-12-8-7-11(9-12)13-10-5-3-2-4-6-10;1-3-4-5-2;1-3-4-2/h2-6,11H,7-9H2,1H3;5H,3-4H2,1-2H3;3-4H,1-2H3/b;;4-3-. The molecule has 1 atom stereocenters. The number of allylic oxidation sites excluding steroid dienone is 2. The fourth-order valence-corrected chi connectivity index (χ4v) is 1.93. The summed E-state index contributed by atoms with van der Waals surface area (Å²) >= 11 is 0. The monoisotopic (exact) mass is 306 g/mol. The van der Waals surface area contributed by atoms with E-state index >= 15 is 0 Å². The van der Waals surface area contributed by atoms with Crippen molar-refractivity contribution in [2.75, 3.05) is 33.7 Å². The maximum absolute atomic E-state index is 5.80. The highest BCUT2D eigenvalue weighted by molar-refractivity contribution is 5.21. The molecule has 2 rings (SSSR count). The molecular weight excluding hydrogens is 272 g/mol. The van der Waals surface area contributed by atoms with E-state index in [9.17, 15) is 0 Å². The van der Waals surface area contributed by atoms with Crippen LogP contribution in [-0.2, 0) is 0 Å². The van der Waals surface area contributed by atoms with Crippen LogP contribution < -0.4 is 10.1 Å². The molecule has 1 aliphatic rings. The predicted molar refractivity (Wildman–Crippen MR) is 97.7 cm³/mol. The highest BCUT2D eigenvalue weighted by Crippen LogP contribution is 2.16. The van der Waals surface area contributed by atoms with Crippen LogP contribution in [-0.4, -0.2) is 44.7 Å². The molecule has 0 aromatic heterocycles. The molecule has 1 aliphatic heterocycles. The van der Waals surface area contributed by atoms with Crippen LogP contribution in [0.3, 0.4) is 0 Å². The van der Waals surface area contributed by atoms with Crippen molar-refractivity contribution in [2.45, 2.75) is 39.7 Å². The van der Waals surface area contributed by atoms with E-state index < -0.39 is 0 Å². The first-order chi connectivity index (χ1) is 10.7. The third-order valence-corrected chi connectivity index (χ3v) is 3.23. The Hall–Kier alpha value is -1.32. The van der Waals surface area contributed by atoms with Gasteiger partial charge in [-0.25, -0.2) is 0 Å². The van der Waals surface area contributed by atoms with Crippen molar-refractivity contribution in [1.82, 2.24) is 10.2 Å². The van der Waals surface area contributed by atoms with E-state index in [1.165, 1.54) is 6.42 Å². The van der Waals surface area contributed by atoms with Crippen LogP contribution >= 0.6 is 0 Å². The number of hydrogen-bond donors (Lipinski definition) is 1. The second-order valence-electron chi connectivity index (χ2n) is 5.37. The lowest BCUT2D eigenvalue weighted by molar-refractivity contribution is 0.208. The van der Waals surface area contributed by atoms with Gasteiger partial charge in [0.15, 0.2) is 0 Å². The molecule has 1 unspecified atom stereocenters. The Bertz CT molecular complexity index is 359. The third kappa shape index (κ3) is 11.4. The van der Waals surface area contributed by atoms with Crippen molar-refractivity contribution < 1.29 is 4.74 Å². The molecule has 0 saturated carbocycles. The summed E-state index contributed by atoms with van der Waals surface area (Å²) in [4.78, 5) is 2.30. The highest BCUT2D eigenvalue weighted by Gasteiger charge is 2.20. The molecule has 1 N–H and O–H groups in total. The minimum atomic E-state index is 0.382. The van der Waals surface area contributed by atoms with Gasteiger partial charge in [-0.15, -0.1) is 0 Å². The van der Waals surface area contributed by atoms with Gasteiger partial charge >= 0.3 is 0 Å². The summed E-state index contributed by atoms with van der Waals surface area (Å²) in [6, 6.07) is 10.0.